The summed E-state index contributed by atoms with van der Waals surface area (Å²) in [6, 6.07) is 12.5. The Bertz CT molecular complexity index is 900. The molecule has 0 bridgehead atoms. The number of amides is 2. The largest absolute Gasteiger partial charge is 0.497 e. The molecular formula is C17H16N4O3. The lowest BCUT2D eigenvalue weighted by Crippen LogP contribution is -2.23. The van der Waals surface area contributed by atoms with Crippen LogP contribution in [-0.4, -0.2) is 28.9 Å². The minimum atomic E-state index is -0.671. The molecule has 2 amide bonds. The van der Waals surface area contributed by atoms with Gasteiger partial charge in [0.05, 0.1) is 23.7 Å². The summed E-state index contributed by atoms with van der Waals surface area (Å²) in [4.78, 5) is 30.5. The lowest BCUT2D eigenvalue weighted by molar-refractivity contribution is 0.0950. The van der Waals surface area contributed by atoms with Crippen molar-refractivity contribution in [2.75, 3.05) is 7.11 Å². The summed E-state index contributed by atoms with van der Waals surface area (Å²) in [7, 11) is 1.60. The summed E-state index contributed by atoms with van der Waals surface area (Å²) in [6.45, 7) is 0.371. The van der Waals surface area contributed by atoms with Gasteiger partial charge in [0.15, 0.2) is 5.82 Å². The molecular weight excluding hydrogens is 308 g/mol. The zero-order valence-corrected chi connectivity index (χ0v) is 13.0. The van der Waals surface area contributed by atoms with Crippen molar-refractivity contribution in [2.45, 2.75) is 6.54 Å². The number of nitrogens with two attached hydrogens (primary N) is 1. The molecule has 0 unspecified atom stereocenters. The summed E-state index contributed by atoms with van der Waals surface area (Å²) in [6.07, 6.45) is 0. The van der Waals surface area contributed by atoms with E-state index in [1.54, 1.807) is 25.3 Å². The van der Waals surface area contributed by atoms with Gasteiger partial charge in [0.1, 0.15) is 5.75 Å². The van der Waals surface area contributed by atoms with Gasteiger partial charge < -0.3 is 20.8 Å². The molecule has 1 heterocycles. The number of rotatable bonds is 5. The van der Waals surface area contributed by atoms with Crippen LogP contribution in [0, 0.1) is 0 Å². The van der Waals surface area contributed by atoms with Gasteiger partial charge in [-0.1, -0.05) is 18.2 Å². The van der Waals surface area contributed by atoms with Crippen LogP contribution in [0.25, 0.3) is 11.0 Å². The van der Waals surface area contributed by atoms with E-state index in [2.05, 4.69) is 15.3 Å². The Morgan fingerprint density at radius 2 is 1.96 bits per heavy atom. The van der Waals surface area contributed by atoms with Gasteiger partial charge in [-0.2, -0.15) is 0 Å². The molecule has 0 fully saturated rings. The molecule has 1 aromatic heterocycles. The number of aromatic amines is 1. The van der Waals surface area contributed by atoms with Crippen molar-refractivity contribution in [2.24, 2.45) is 5.73 Å². The number of primary amides is 1. The van der Waals surface area contributed by atoms with E-state index in [1.807, 2.05) is 24.3 Å². The van der Waals surface area contributed by atoms with Crippen LogP contribution in [0.1, 0.15) is 26.5 Å². The molecule has 24 heavy (non-hydrogen) atoms. The lowest BCUT2D eigenvalue weighted by Gasteiger charge is -2.07. The van der Waals surface area contributed by atoms with Crippen LogP contribution in [0.2, 0.25) is 0 Å². The Labute approximate surface area is 137 Å². The molecule has 3 aromatic rings. The zero-order chi connectivity index (χ0) is 17.1. The normalized spacial score (nSPS) is 10.5. The number of aromatic nitrogens is 2. The summed E-state index contributed by atoms with van der Waals surface area (Å²) in [5.74, 6) is -0.154. The number of nitrogens with one attached hydrogen (secondary N) is 2. The number of ether oxygens (including phenoxy) is 1. The Hall–Kier alpha value is -3.35. The molecule has 2 aromatic carbocycles. The molecule has 0 aliphatic heterocycles. The Morgan fingerprint density at radius 1 is 1.21 bits per heavy atom. The van der Waals surface area contributed by atoms with Gasteiger partial charge in [0.2, 0.25) is 0 Å². The monoisotopic (exact) mass is 324 g/mol. The molecule has 0 aliphatic rings. The van der Waals surface area contributed by atoms with Crippen LogP contribution in [-0.2, 0) is 6.54 Å². The van der Waals surface area contributed by atoms with Crippen molar-refractivity contribution in [3.05, 3.63) is 59.4 Å². The number of imidazole rings is 1. The Balaban J connectivity index is 1.79. The maximum absolute atomic E-state index is 12.4. The number of carbonyl (C=O) groups excluding carboxylic acids is 2. The second-order valence-electron chi connectivity index (χ2n) is 5.18. The SMILES string of the molecule is COc1ccc(CNC(=O)c2cccc3nc(C(N)=O)[nH]c23)cc1. The fourth-order valence-corrected chi connectivity index (χ4v) is 2.36. The first-order valence-electron chi connectivity index (χ1n) is 7.28. The molecule has 0 spiro atoms. The lowest BCUT2D eigenvalue weighted by atomic mass is 10.1. The number of benzene rings is 2. The Kier molecular flexibility index (Phi) is 4.15. The number of methoxy groups -OCH3 is 1. The number of para-hydroxylation sites is 1. The maximum Gasteiger partial charge on any atom is 0.284 e. The zero-order valence-electron chi connectivity index (χ0n) is 13.0. The molecule has 4 N–H and O–H groups in total. The van der Waals surface area contributed by atoms with Crippen LogP contribution in [0.15, 0.2) is 42.5 Å². The third kappa shape index (κ3) is 3.05. The predicted molar refractivity (Wildman–Crippen MR) is 88.8 cm³/mol. The minimum Gasteiger partial charge on any atom is -0.497 e. The van der Waals surface area contributed by atoms with E-state index in [1.165, 1.54) is 0 Å². The molecule has 3 rings (SSSR count). The van der Waals surface area contributed by atoms with Crippen molar-refractivity contribution in [3.8, 4) is 5.75 Å². The van der Waals surface area contributed by atoms with E-state index in [0.29, 0.717) is 23.1 Å². The second kappa shape index (κ2) is 6.41. The average molecular weight is 324 g/mol. The highest BCUT2D eigenvalue weighted by Gasteiger charge is 2.15. The molecule has 0 saturated carbocycles. The minimum absolute atomic E-state index is 0.0282. The molecule has 0 aliphatic carbocycles. The van der Waals surface area contributed by atoms with Crippen molar-refractivity contribution >= 4 is 22.8 Å². The van der Waals surface area contributed by atoms with Crippen molar-refractivity contribution in [1.82, 2.24) is 15.3 Å². The number of fused-ring (bicyclic) bond motifs is 1. The van der Waals surface area contributed by atoms with Crippen LogP contribution in [0.4, 0.5) is 0 Å². The Morgan fingerprint density at radius 3 is 2.62 bits per heavy atom. The first kappa shape index (κ1) is 15.5. The number of carbonyl (C=O) groups is 2. The first-order valence-corrected chi connectivity index (χ1v) is 7.28. The molecule has 0 radical (unpaired) electrons. The fourth-order valence-electron chi connectivity index (χ4n) is 2.36. The topological polar surface area (TPSA) is 110 Å². The van der Waals surface area contributed by atoms with Gasteiger partial charge in [-0.15, -0.1) is 0 Å². The average Bonchev–Trinajstić information content (AvgIpc) is 3.04. The van der Waals surface area contributed by atoms with Gasteiger partial charge in [-0.25, -0.2) is 4.98 Å². The molecule has 7 nitrogen and oxygen atoms in total. The van der Waals surface area contributed by atoms with Gasteiger partial charge >= 0.3 is 0 Å². The van der Waals surface area contributed by atoms with E-state index in [9.17, 15) is 9.59 Å². The predicted octanol–water partition coefficient (Wildman–Crippen LogP) is 1.60. The first-order chi connectivity index (χ1) is 11.6. The van der Waals surface area contributed by atoms with Crippen LogP contribution in [0.3, 0.4) is 0 Å². The number of nitrogens with zero attached hydrogens (tertiary/aromatic N) is 1. The van der Waals surface area contributed by atoms with Crippen molar-refractivity contribution in [1.29, 1.82) is 0 Å². The fraction of sp³-hybridized carbons (Fsp3) is 0.118. The quantitative estimate of drug-likeness (QED) is 0.662. The number of hydrogen-bond donors (Lipinski definition) is 3. The number of H-pyrrole nitrogens is 1. The summed E-state index contributed by atoms with van der Waals surface area (Å²) in [5.41, 5.74) is 7.57. The highest BCUT2D eigenvalue weighted by Crippen LogP contribution is 2.17. The molecule has 0 saturated heterocycles. The molecule has 0 atom stereocenters. The van der Waals surface area contributed by atoms with E-state index >= 15 is 0 Å². The van der Waals surface area contributed by atoms with Crippen LogP contribution >= 0.6 is 0 Å². The maximum atomic E-state index is 12.4. The van der Waals surface area contributed by atoms with E-state index in [4.69, 9.17) is 10.5 Å². The third-order valence-electron chi connectivity index (χ3n) is 3.61. The second-order valence-corrected chi connectivity index (χ2v) is 5.18. The van der Waals surface area contributed by atoms with Crippen LogP contribution < -0.4 is 15.8 Å². The van der Waals surface area contributed by atoms with E-state index in [-0.39, 0.29) is 11.7 Å². The van der Waals surface area contributed by atoms with Crippen molar-refractivity contribution in [3.63, 3.8) is 0 Å². The van der Waals surface area contributed by atoms with Crippen LogP contribution in [0.5, 0.6) is 5.75 Å². The molecule has 122 valence electrons. The number of hydrogen-bond acceptors (Lipinski definition) is 4. The van der Waals surface area contributed by atoms with E-state index in [0.717, 1.165) is 11.3 Å². The molecule has 7 heteroatoms. The third-order valence-corrected chi connectivity index (χ3v) is 3.61. The van der Waals surface area contributed by atoms with Gasteiger partial charge in [0.25, 0.3) is 11.8 Å². The van der Waals surface area contributed by atoms with E-state index < -0.39 is 5.91 Å². The van der Waals surface area contributed by atoms with Gasteiger partial charge in [0, 0.05) is 6.54 Å². The standard InChI is InChI=1S/C17H16N4O3/c1-24-11-7-5-10(6-8-11)9-19-17(23)12-3-2-4-13-14(12)21-16(20-13)15(18)22/h2-8H,9H2,1H3,(H2,18,22)(H,19,23)(H,20,21). The smallest absolute Gasteiger partial charge is 0.284 e. The highest BCUT2D eigenvalue weighted by molar-refractivity contribution is 6.06. The van der Waals surface area contributed by atoms with Crippen molar-refractivity contribution < 1.29 is 14.3 Å². The summed E-state index contributed by atoms with van der Waals surface area (Å²) < 4.78 is 5.10. The highest BCUT2D eigenvalue weighted by atomic mass is 16.5. The summed E-state index contributed by atoms with van der Waals surface area (Å²) in [5, 5.41) is 2.84. The van der Waals surface area contributed by atoms with Gasteiger partial charge in [-0.3, -0.25) is 9.59 Å². The van der Waals surface area contributed by atoms with Gasteiger partial charge in [-0.05, 0) is 29.8 Å². The summed E-state index contributed by atoms with van der Waals surface area (Å²) >= 11 is 0.